The van der Waals surface area contributed by atoms with Gasteiger partial charge in [0.1, 0.15) is 18.3 Å². The minimum Gasteiger partial charge on any atom is -0.412 e. The van der Waals surface area contributed by atoms with Crippen molar-refractivity contribution in [3.8, 4) is 0 Å². The molecule has 3 rings (SSSR count). The van der Waals surface area contributed by atoms with Crippen molar-refractivity contribution < 1.29 is 73.8 Å². The number of carbonyl (C=O) groups is 1. The molecule has 1 aliphatic carbocycles. The molecule has 0 spiro atoms. The van der Waals surface area contributed by atoms with E-state index in [0.717, 1.165) is 0 Å². The molecule has 0 amide bonds. The molecule has 2 heterocycles. The summed E-state index contributed by atoms with van der Waals surface area (Å²) in [6, 6.07) is -1.29. The van der Waals surface area contributed by atoms with Gasteiger partial charge in [-0.2, -0.15) is 8.42 Å². The third-order valence-corrected chi connectivity index (χ3v) is 4.93. The number of ketones is 1. The normalized spacial score (nSPS) is 40.3. The van der Waals surface area contributed by atoms with Gasteiger partial charge in [0.05, 0.1) is 24.3 Å². The summed E-state index contributed by atoms with van der Waals surface area (Å²) in [4.78, 5) is 12.2. The molecule has 2 saturated heterocycles. The second-order valence-electron chi connectivity index (χ2n) is 6.84. The Kier molecular flexibility index (Phi) is 14.6. The van der Waals surface area contributed by atoms with Crippen LogP contribution in [0.1, 0.15) is 13.3 Å². The second-order valence-corrected chi connectivity index (χ2v) is 7.74. The maximum atomic E-state index is 12.2. The number of likely N-dealkylation sites (N-methyl/N-ethyl adjacent to an activating group) is 2. The van der Waals surface area contributed by atoms with Crippen LogP contribution in [0.3, 0.4) is 0 Å². The van der Waals surface area contributed by atoms with Crippen LogP contribution >= 0.6 is 0 Å². The lowest BCUT2D eigenvalue weighted by Crippen LogP contribution is -2.77. The molecule has 9 unspecified atom stereocenters. The fourth-order valence-electron chi connectivity index (χ4n) is 3.68. The van der Waals surface area contributed by atoms with E-state index in [2.05, 4.69) is 10.6 Å². The molecule has 0 bridgehead atoms. The average molecular weight is 502 g/mol. The van der Waals surface area contributed by atoms with E-state index in [1.165, 1.54) is 0 Å². The fraction of sp³-hybridized carbons (Fsp3) is 0.929. The summed E-state index contributed by atoms with van der Waals surface area (Å²) in [6.45, 7) is 1.70. The molecule has 3 fully saturated rings. The quantitative estimate of drug-likeness (QED) is 0.173. The average Bonchev–Trinajstić information content (AvgIpc) is 2.55. The number of carbonyl (C=O) groups excluding carboxylic acids is 1. The van der Waals surface area contributed by atoms with Crippen LogP contribution in [0.2, 0.25) is 0 Å². The Balaban J connectivity index is -0.000000849. The van der Waals surface area contributed by atoms with Crippen molar-refractivity contribution in [2.45, 2.75) is 68.0 Å². The topological polar surface area (TPSA) is 330 Å². The highest BCUT2D eigenvalue weighted by molar-refractivity contribution is 7.79. The number of aliphatic hydroxyl groups excluding tert-OH is 2. The molecule has 0 aromatic rings. The summed E-state index contributed by atoms with van der Waals surface area (Å²) in [7, 11) is -1.43. The monoisotopic (exact) mass is 502 g/mol. The highest BCUT2D eigenvalue weighted by atomic mass is 32.3. The summed E-state index contributed by atoms with van der Waals surface area (Å²) >= 11 is 0. The van der Waals surface area contributed by atoms with E-state index < -0.39 is 70.9 Å². The SMILES string of the molecule is CNC1C(O)C(NC)C2OC3(O)C(=O)CC(C)OC3OC2C1O.O.O.O.O.O=S(=O)(O)O. The third-order valence-electron chi connectivity index (χ3n) is 4.93. The van der Waals surface area contributed by atoms with Gasteiger partial charge in [-0.15, -0.1) is 0 Å². The summed E-state index contributed by atoms with van der Waals surface area (Å²) in [5.74, 6) is -2.76. The zero-order valence-electron chi connectivity index (χ0n) is 17.4. The number of hydrogen-bond acceptors (Lipinski definition) is 11. The van der Waals surface area contributed by atoms with Crippen molar-refractivity contribution in [1.82, 2.24) is 10.6 Å². The first kappa shape index (κ1) is 35.6. The van der Waals surface area contributed by atoms with Gasteiger partial charge >= 0.3 is 10.4 Å². The lowest BCUT2D eigenvalue weighted by molar-refractivity contribution is -0.420. The van der Waals surface area contributed by atoms with Crippen molar-refractivity contribution in [3.05, 3.63) is 0 Å². The predicted octanol–water partition coefficient (Wildman–Crippen LogP) is -6.88. The number of fused-ring (bicyclic) bond motifs is 2. The van der Waals surface area contributed by atoms with E-state index >= 15 is 0 Å². The van der Waals surface area contributed by atoms with E-state index in [1.807, 2.05) is 0 Å². The number of rotatable bonds is 2. The fourth-order valence-corrected chi connectivity index (χ4v) is 3.68. The first-order chi connectivity index (χ1) is 12.8. The highest BCUT2D eigenvalue weighted by Crippen LogP contribution is 2.40. The highest BCUT2D eigenvalue weighted by Gasteiger charge is 2.63. The molecule has 9 atom stereocenters. The van der Waals surface area contributed by atoms with Gasteiger partial charge < -0.3 is 62.1 Å². The van der Waals surface area contributed by atoms with E-state index in [0.29, 0.717) is 0 Å². The van der Waals surface area contributed by atoms with Crippen LogP contribution < -0.4 is 10.6 Å². The van der Waals surface area contributed by atoms with Crippen molar-refractivity contribution in [3.63, 3.8) is 0 Å². The number of aliphatic hydroxyl groups is 3. The number of Topliss-reactive ketones (excluding diaryl/α,β-unsaturated/α-hetero) is 1. The zero-order chi connectivity index (χ0) is 21.4. The van der Waals surface area contributed by atoms with Crippen LogP contribution in [0.5, 0.6) is 0 Å². The Morgan fingerprint density at radius 1 is 0.938 bits per heavy atom. The van der Waals surface area contributed by atoms with E-state index in [-0.39, 0.29) is 28.3 Å². The van der Waals surface area contributed by atoms with Crippen LogP contribution in [0.15, 0.2) is 0 Å². The number of nitrogens with one attached hydrogen (secondary N) is 2. The molecule has 18 heteroatoms. The molecule has 0 radical (unpaired) electrons. The molecule has 0 aromatic carbocycles. The van der Waals surface area contributed by atoms with Crippen molar-refractivity contribution in [2.75, 3.05) is 14.1 Å². The van der Waals surface area contributed by atoms with Crippen LogP contribution in [0, 0.1) is 0 Å². The van der Waals surface area contributed by atoms with E-state index in [9.17, 15) is 20.1 Å². The van der Waals surface area contributed by atoms with E-state index in [1.54, 1.807) is 21.0 Å². The molecule has 17 nitrogen and oxygen atoms in total. The summed E-state index contributed by atoms with van der Waals surface area (Å²) < 4.78 is 48.4. The molecular weight excluding hydrogens is 468 g/mol. The van der Waals surface area contributed by atoms with Crippen molar-refractivity contribution >= 4 is 16.2 Å². The van der Waals surface area contributed by atoms with Crippen LogP contribution in [-0.4, -0.2) is 129 Å². The van der Waals surface area contributed by atoms with Gasteiger partial charge in [0, 0.05) is 6.42 Å². The van der Waals surface area contributed by atoms with Gasteiger partial charge in [0.25, 0.3) is 5.79 Å². The third kappa shape index (κ3) is 7.28. The minimum atomic E-state index is -4.67. The first-order valence-electron chi connectivity index (χ1n) is 8.48. The lowest BCUT2D eigenvalue weighted by Gasteiger charge is -2.55. The maximum absolute atomic E-state index is 12.2. The molecule has 32 heavy (non-hydrogen) atoms. The summed E-state index contributed by atoms with van der Waals surface area (Å²) in [5.41, 5.74) is 0. The van der Waals surface area contributed by atoms with Gasteiger partial charge in [-0.25, -0.2) is 0 Å². The molecular formula is C14H34N2O15S. The first-order valence-corrected chi connectivity index (χ1v) is 9.88. The van der Waals surface area contributed by atoms with Crippen LogP contribution in [0.25, 0.3) is 0 Å². The lowest BCUT2D eigenvalue weighted by atomic mass is 9.80. The van der Waals surface area contributed by atoms with Gasteiger partial charge in [-0.05, 0) is 21.0 Å². The molecule has 1 saturated carbocycles. The zero-order valence-corrected chi connectivity index (χ0v) is 18.2. The Morgan fingerprint density at radius 3 is 1.84 bits per heavy atom. The Morgan fingerprint density at radius 2 is 1.41 bits per heavy atom. The van der Waals surface area contributed by atoms with Crippen molar-refractivity contribution in [2.24, 2.45) is 0 Å². The number of ether oxygens (including phenoxy) is 3. The predicted molar refractivity (Wildman–Crippen MR) is 105 cm³/mol. The standard InChI is InChI=1S/C14H24N2O7.H2O4S.4H2O/c1-5-4-6(17)14(20)13(21-5)22-12-10(19)7(15-2)9(18)8(16-3)11(12)23-14;1-5(2,3)4;;;;/h5,7-13,15-16,18-20H,4H2,1-3H3;(H2,1,2,3,4);4*1H2. The largest absolute Gasteiger partial charge is 0.412 e. The molecule has 3 aliphatic rings. The Hall–Kier alpha value is -0.940. The Bertz CT molecular complexity index is 673. The minimum absolute atomic E-state index is 0. The molecule has 15 N–H and O–H groups in total. The van der Waals surface area contributed by atoms with Gasteiger partial charge in [0.15, 0.2) is 5.78 Å². The smallest absolute Gasteiger partial charge is 0.394 e. The molecule has 196 valence electrons. The Labute approximate surface area is 183 Å². The maximum Gasteiger partial charge on any atom is 0.394 e. The number of hydrogen-bond donors (Lipinski definition) is 7. The molecule has 0 aromatic heterocycles. The summed E-state index contributed by atoms with van der Waals surface area (Å²) in [5, 5.41) is 37.2. The molecule has 2 aliphatic heterocycles. The van der Waals surface area contributed by atoms with Crippen molar-refractivity contribution in [1.29, 1.82) is 0 Å². The summed E-state index contributed by atoms with van der Waals surface area (Å²) in [6.07, 6.45) is -5.58. The van der Waals surface area contributed by atoms with Gasteiger partial charge in [0.2, 0.25) is 6.29 Å². The second kappa shape index (κ2) is 13.1. The van der Waals surface area contributed by atoms with Crippen LogP contribution in [-0.2, 0) is 29.4 Å². The van der Waals surface area contributed by atoms with Gasteiger partial charge in [-0.1, -0.05) is 0 Å². The van der Waals surface area contributed by atoms with Crippen LogP contribution in [0.4, 0.5) is 0 Å². The van der Waals surface area contributed by atoms with Gasteiger partial charge in [-0.3, -0.25) is 13.9 Å². The van der Waals surface area contributed by atoms with E-state index in [4.69, 9.17) is 31.7 Å².